The maximum Gasteiger partial charge on any atom is 0.267 e. The van der Waals surface area contributed by atoms with Crippen molar-refractivity contribution in [2.24, 2.45) is 5.84 Å². The molecule has 0 saturated heterocycles. The molecule has 0 unspecified atom stereocenters. The summed E-state index contributed by atoms with van der Waals surface area (Å²) in [6.45, 7) is 0.279. The number of anilines is 1. The van der Waals surface area contributed by atoms with Crippen LogP contribution in [0, 0.1) is 0 Å². The van der Waals surface area contributed by atoms with Gasteiger partial charge in [-0.1, -0.05) is 4.49 Å². The van der Waals surface area contributed by atoms with Crippen LogP contribution in [0.5, 0.6) is 0 Å². The number of nitrogens with zero attached hydrogens (tertiary/aromatic N) is 4. The zero-order valence-electron chi connectivity index (χ0n) is 7.92. The van der Waals surface area contributed by atoms with Crippen molar-refractivity contribution in [1.29, 1.82) is 0 Å². The summed E-state index contributed by atoms with van der Waals surface area (Å²) >= 11 is 4.25. The molecule has 2 aromatic rings. The van der Waals surface area contributed by atoms with E-state index in [1.54, 1.807) is 0 Å². The van der Waals surface area contributed by atoms with Crippen molar-refractivity contribution in [2.45, 2.75) is 6.54 Å². The smallest absolute Gasteiger partial charge is 0.267 e. The van der Waals surface area contributed by atoms with Crippen molar-refractivity contribution in [3.8, 4) is 0 Å². The SMILES string of the molecule is NNc1snnc1Cn1cncc(Br)c1=O. The molecule has 2 heterocycles. The van der Waals surface area contributed by atoms with E-state index < -0.39 is 0 Å². The molecule has 0 bridgehead atoms. The normalized spacial score (nSPS) is 10.4. The van der Waals surface area contributed by atoms with Gasteiger partial charge in [-0.2, -0.15) is 0 Å². The minimum atomic E-state index is -0.175. The number of nitrogen functional groups attached to an aromatic ring is 1. The molecular formula is C7H7BrN6OS. The highest BCUT2D eigenvalue weighted by Crippen LogP contribution is 2.16. The Labute approximate surface area is 103 Å². The fourth-order valence-corrected chi connectivity index (χ4v) is 1.95. The largest absolute Gasteiger partial charge is 0.313 e. The third kappa shape index (κ3) is 2.10. The number of halogens is 1. The first-order valence-corrected chi connectivity index (χ1v) is 5.77. The fraction of sp³-hybridized carbons (Fsp3) is 0.143. The molecule has 0 aromatic carbocycles. The Balaban J connectivity index is 2.34. The van der Waals surface area contributed by atoms with Gasteiger partial charge in [0.1, 0.15) is 15.2 Å². The van der Waals surface area contributed by atoms with Crippen LogP contribution in [0.4, 0.5) is 5.00 Å². The van der Waals surface area contributed by atoms with E-state index >= 15 is 0 Å². The topological polar surface area (TPSA) is 98.7 Å². The molecule has 2 aromatic heterocycles. The van der Waals surface area contributed by atoms with Crippen LogP contribution in [0.3, 0.4) is 0 Å². The summed E-state index contributed by atoms with van der Waals surface area (Å²) in [5.74, 6) is 5.28. The molecule has 3 N–H and O–H groups in total. The summed E-state index contributed by atoms with van der Waals surface area (Å²) in [6, 6.07) is 0. The Kier molecular flexibility index (Phi) is 3.27. The third-order valence-electron chi connectivity index (χ3n) is 1.87. The summed E-state index contributed by atoms with van der Waals surface area (Å²) in [5.41, 5.74) is 2.91. The number of aromatic nitrogens is 4. The minimum absolute atomic E-state index is 0.175. The molecule has 0 aliphatic heterocycles. The van der Waals surface area contributed by atoms with E-state index in [2.05, 4.69) is 35.9 Å². The van der Waals surface area contributed by atoms with Gasteiger partial charge in [0.15, 0.2) is 0 Å². The highest BCUT2D eigenvalue weighted by Gasteiger charge is 2.09. The molecule has 0 radical (unpaired) electrons. The van der Waals surface area contributed by atoms with Gasteiger partial charge in [0.05, 0.1) is 12.9 Å². The average Bonchev–Trinajstić information content (AvgIpc) is 2.72. The van der Waals surface area contributed by atoms with Crippen LogP contribution in [-0.4, -0.2) is 19.1 Å². The summed E-state index contributed by atoms with van der Waals surface area (Å²) < 4.78 is 5.56. The predicted molar refractivity (Wildman–Crippen MR) is 63.0 cm³/mol. The van der Waals surface area contributed by atoms with Crippen molar-refractivity contribution in [1.82, 2.24) is 19.1 Å². The average molecular weight is 303 g/mol. The van der Waals surface area contributed by atoms with Gasteiger partial charge in [-0.05, 0) is 15.9 Å². The second-order valence-electron chi connectivity index (χ2n) is 2.87. The Bertz CT molecular complexity index is 552. The van der Waals surface area contributed by atoms with Crippen LogP contribution in [0.1, 0.15) is 5.69 Å². The first-order chi connectivity index (χ1) is 7.72. The number of hydrazine groups is 1. The molecule has 7 nitrogen and oxygen atoms in total. The Morgan fingerprint density at radius 2 is 2.44 bits per heavy atom. The standard InChI is InChI=1S/C7H7BrN6OS/c8-4-1-10-3-14(7(4)15)2-5-6(11-9)16-13-12-5/h1,3,11H,2,9H2. The highest BCUT2D eigenvalue weighted by molar-refractivity contribution is 9.10. The highest BCUT2D eigenvalue weighted by atomic mass is 79.9. The monoisotopic (exact) mass is 302 g/mol. The van der Waals surface area contributed by atoms with E-state index in [1.165, 1.54) is 17.1 Å². The Morgan fingerprint density at radius 3 is 3.19 bits per heavy atom. The second kappa shape index (κ2) is 4.68. The predicted octanol–water partition coefficient (Wildman–Crippen LogP) is 0.191. The van der Waals surface area contributed by atoms with Gasteiger partial charge >= 0.3 is 0 Å². The van der Waals surface area contributed by atoms with E-state index in [-0.39, 0.29) is 12.1 Å². The van der Waals surface area contributed by atoms with Crippen molar-refractivity contribution < 1.29 is 0 Å². The molecule has 2 rings (SSSR count). The van der Waals surface area contributed by atoms with Gasteiger partial charge in [0.25, 0.3) is 5.56 Å². The molecule has 0 fully saturated rings. The molecule has 0 aliphatic carbocycles. The van der Waals surface area contributed by atoms with Gasteiger partial charge in [0, 0.05) is 17.7 Å². The summed E-state index contributed by atoms with van der Waals surface area (Å²) in [6.07, 6.45) is 2.88. The van der Waals surface area contributed by atoms with Crippen LogP contribution in [-0.2, 0) is 6.54 Å². The van der Waals surface area contributed by atoms with Gasteiger partial charge < -0.3 is 5.43 Å². The summed E-state index contributed by atoms with van der Waals surface area (Å²) in [5, 5.41) is 4.51. The van der Waals surface area contributed by atoms with Crippen LogP contribution in [0.25, 0.3) is 0 Å². The van der Waals surface area contributed by atoms with Crippen molar-refractivity contribution in [2.75, 3.05) is 5.43 Å². The molecule has 0 amide bonds. The molecule has 0 aliphatic rings. The van der Waals surface area contributed by atoms with Gasteiger partial charge in [-0.25, -0.2) is 10.8 Å². The quantitative estimate of drug-likeness (QED) is 0.620. The van der Waals surface area contributed by atoms with Crippen molar-refractivity contribution in [3.63, 3.8) is 0 Å². The molecule has 9 heteroatoms. The van der Waals surface area contributed by atoms with E-state index in [0.29, 0.717) is 15.2 Å². The maximum absolute atomic E-state index is 11.7. The summed E-state index contributed by atoms with van der Waals surface area (Å²) in [4.78, 5) is 15.6. The van der Waals surface area contributed by atoms with Gasteiger partial charge in [0.2, 0.25) is 0 Å². The minimum Gasteiger partial charge on any atom is -0.313 e. The number of nitrogens with two attached hydrogens (primary N) is 1. The number of hydrogen-bond acceptors (Lipinski definition) is 7. The first-order valence-electron chi connectivity index (χ1n) is 4.20. The lowest BCUT2D eigenvalue weighted by atomic mass is 10.4. The Hall–Kier alpha value is -1.32. The number of nitrogens with one attached hydrogen (secondary N) is 1. The lowest BCUT2D eigenvalue weighted by molar-refractivity contribution is 0.712. The maximum atomic E-state index is 11.7. The molecule has 84 valence electrons. The van der Waals surface area contributed by atoms with E-state index in [1.807, 2.05) is 0 Å². The lowest BCUT2D eigenvalue weighted by Gasteiger charge is -2.03. The molecular weight excluding hydrogens is 296 g/mol. The van der Waals surface area contributed by atoms with Crippen molar-refractivity contribution >= 4 is 32.5 Å². The number of hydrogen-bond donors (Lipinski definition) is 2. The second-order valence-corrected chi connectivity index (χ2v) is 4.48. The van der Waals surface area contributed by atoms with E-state index in [9.17, 15) is 4.79 Å². The molecule has 0 saturated carbocycles. The van der Waals surface area contributed by atoms with Crippen LogP contribution >= 0.6 is 27.5 Å². The molecule has 0 atom stereocenters. The van der Waals surface area contributed by atoms with Gasteiger partial charge in [-0.3, -0.25) is 9.36 Å². The van der Waals surface area contributed by atoms with Gasteiger partial charge in [-0.15, -0.1) is 5.10 Å². The zero-order chi connectivity index (χ0) is 11.5. The van der Waals surface area contributed by atoms with Crippen molar-refractivity contribution in [3.05, 3.63) is 33.0 Å². The Morgan fingerprint density at radius 1 is 1.62 bits per heavy atom. The zero-order valence-corrected chi connectivity index (χ0v) is 10.3. The lowest BCUT2D eigenvalue weighted by Crippen LogP contribution is -2.22. The third-order valence-corrected chi connectivity index (χ3v) is 3.11. The van der Waals surface area contributed by atoms with E-state index in [4.69, 9.17) is 5.84 Å². The fourth-order valence-electron chi connectivity index (χ4n) is 1.12. The van der Waals surface area contributed by atoms with Crippen LogP contribution < -0.4 is 16.8 Å². The first kappa shape index (κ1) is 11.2. The van der Waals surface area contributed by atoms with Crippen LogP contribution in [0.15, 0.2) is 21.8 Å². The van der Waals surface area contributed by atoms with Crippen LogP contribution in [0.2, 0.25) is 0 Å². The molecule has 0 spiro atoms. The molecule has 16 heavy (non-hydrogen) atoms. The summed E-state index contributed by atoms with van der Waals surface area (Å²) in [7, 11) is 0. The number of rotatable bonds is 3. The van der Waals surface area contributed by atoms with E-state index in [0.717, 1.165) is 11.5 Å².